The van der Waals surface area contributed by atoms with Gasteiger partial charge in [-0.2, -0.15) is 0 Å². The van der Waals surface area contributed by atoms with Crippen LogP contribution in [0.2, 0.25) is 0 Å². The van der Waals surface area contributed by atoms with E-state index in [1.165, 1.54) is 24.1 Å². The number of hydrogen-bond acceptors (Lipinski definition) is 3. The number of anilines is 1. The predicted molar refractivity (Wildman–Crippen MR) is 88.4 cm³/mol. The number of halogens is 1. The van der Waals surface area contributed by atoms with Gasteiger partial charge in [0, 0.05) is 37.3 Å². The fraction of sp³-hybridized carbons (Fsp3) is 0.625. The van der Waals surface area contributed by atoms with Crippen molar-refractivity contribution < 1.29 is 4.74 Å². The first-order chi connectivity index (χ1) is 9.56. The first-order valence-corrected chi connectivity index (χ1v) is 8.20. The van der Waals surface area contributed by atoms with E-state index in [4.69, 9.17) is 4.74 Å². The van der Waals surface area contributed by atoms with Gasteiger partial charge in [0.2, 0.25) is 0 Å². The van der Waals surface area contributed by atoms with E-state index in [9.17, 15) is 0 Å². The molecule has 1 saturated heterocycles. The molecular formula is C16H25BrN2O. The lowest BCUT2D eigenvalue weighted by Gasteiger charge is -2.24. The Morgan fingerprint density at radius 3 is 2.85 bits per heavy atom. The highest BCUT2D eigenvalue weighted by Crippen LogP contribution is 2.27. The average Bonchev–Trinajstić information content (AvgIpc) is 2.89. The second-order valence-electron chi connectivity index (χ2n) is 5.84. The fourth-order valence-electron chi connectivity index (χ4n) is 2.48. The maximum absolute atomic E-state index is 5.71. The highest BCUT2D eigenvalue weighted by Gasteiger charge is 2.18. The van der Waals surface area contributed by atoms with Gasteiger partial charge in [0.05, 0.1) is 11.8 Å². The van der Waals surface area contributed by atoms with Crippen molar-refractivity contribution in [1.29, 1.82) is 0 Å². The third-order valence-corrected chi connectivity index (χ3v) is 4.27. The Hall–Kier alpha value is -0.580. The van der Waals surface area contributed by atoms with Gasteiger partial charge in [-0.1, -0.05) is 19.9 Å². The zero-order chi connectivity index (χ0) is 14.5. The van der Waals surface area contributed by atoms with Crippen molar-refractivity contribution >= 4 is 21.6 Å². The molecule has 0 aliphatic carbocycles. The molecule has 1 aromatic carbocycles. The molecule has 1 heterocycles. The molecule has 0 aromatic heterocycles. The highest BCUT2D eigenvalue weighted by atomic mass is 79.9. The van der Waals surface area contributed by atoms with Gasteiger partial charge in [-0.05, 0) is 46.5 Å². The van der Waals surface area contributed by atoms with E-state index in [1.807, 2.05) is 0 Å². The zero-order valence-corrected chi connectivity index (χ0v) is 14.2. The van der Waals surface area contributed by atoms with Crippen LogP contribution in [0.4, 0.5) is 5.69 Å². The van der Waals surface area contributed by atoms with Gasteiger partial charge in [0.25, 0.3) is 0 Å². The molecule has 4 heteroatoms. The topological polar surface area (TPSA) is 24.5 Å². The summed E-state index contributed by atoms with van der Waals surface area (Å²) in [6.07, 6.45) is 2.76. The maximum Gasteiger partial charge on any atom is 0.0750 e. The van der Waals surface area contributed by atoms with Gasteiger partial charge >= 0.3 is 0 Å². The van der Waals surface area contributed by atoms with E-state index in [0.29, 0.717) is 12.1 Å². The Kier molecular flexibility index (Phi) is 5.87. The van der Waals surface area contributed by atoms with Crippen LogP contribution in [0.15, 0.2) is 22.7 Å². The summed E-state index contributed by atoms with van der Waals surface area (Å²) >= 11 is 3.69. The minimum atomic E-state index is 0.384. The fourth-order valence-corrected chi connectivity index (χ4v) is 3.21. The molecule has 1 aliphatic rings. The molecule has 0 bridgehead atoms. The van der Waals surface area contributed by atoms with Crippen LogP contribution < -0.4 is 10.2 Å². The van der Waals surface area contributed by atoms with Gasteiger partial charge in [-0.15, -0.1) is 0 Å². The average molecular weight is 341 g/mol. The predicted octanol–water partition coefficient (Wildman–Crippen LogP) is 3.56. The Morgan fingerprint density at radius 1 is 1.45 bits per heavy atom. The lowest BCUT2D eigenvalue weighted by molar-refractivity contribution is 0.116. The summed E-state index contributed by atoms with van der Waals surface area (Å²) < 4.78 is 6.86. The lowest BCUT2D eigenvalue weighted by atomic mass is 10.1. The van der Waals surface area contributed by atoms with Crippen LogP contribution in [0, 0.1) is 0 Å². The third kappa shape index (κ3) is 4.47. The van der Waals surface area contributed by atoms with Crippen molar-refractivity contribution in [2.24, 2.45) is 0 Å². The van der Waals surface area contributed by atoms with Crippen LogP contribution >= 0.6 is 15.9 Å². The molecule has 1 unspecified atom stereocenters. The number of hydrogen-bond donors (Lipinski definition) is 1. The Labute approximate surface area is 130 Å². The quantitative estimate of drug-likeness (QED) is 0.856. The zero-order valence-electron chi connectivity index (χ0n) is 12.7. The van der Waals surface area contributed by atoms with Crippen molar-refractivity contribution in [2.45, 2.75) is 45.4 Å². The van der Waals surface area contributed by atoms with E-state index in [0.717, 1.165) is 24.2 Å². The minimum Gasteiger partial charge on any atom is -0.376 e. The molecule has 1 fully saturated rings. The van der Waals surface area contributed by atoms with E-state index in [-0.39, 0.29) is 0 Å². The summed E-state index contributed by atoms with van der Waals surface area (Å²) in [5, 5.41) is 3.44. The number of nitrogens with one attached hydrogen (secondary N) is 1. The SMILES string of the molecule is CC(C)NCc1ccc(N(C)CC2CCCO2)c(Br)c1. The van der Waals surface area contributed by atoms with E-state index in [2.05, 4.69) is 65.2 Å². The van der Waals surface area contributed by atoms with Crippen LogP contribution in [-0.4, -0.2) is 32.3 Å². The largest absolute Gasteiger partial charge is 0.376 e. The third-order valence-electron chi connectivity index (χ3n) is 3.64. The number of benzene rings is 1. The smallest absolute Gasteiger partial charge is 0.0750 e. The van der Waals surface area contributed by atoms with Crippen LogP contribution in [0.1, 0.15) is 32.3 Å². The normalized spacial score (nSPS) is 18.8. The summed E-state index contributed by atoms with van der Waals surface area (Å²) in [4.78, 5) is 2.28. The molecule has 0 spiro atoms. The summed E-state index contributed by atoms with van der Waals surface area (Å²) in [6.45, 7) is 7.12. The second kappa shape index (κ2) is 7.43. The van der Waals surface area contributed by atoms with Crippen molar-refractivity contribution in [3.8, 4) is 0 Å². The molecule has 1 aromatic rings. The molecule has 0 saturated carbocycles. The number of ether oxygens (including phenoxy) is 1. The van der Waals surface area contributed by atoms with E-state index < -0.39 is 0 Å². The number of likely N-dealkylation sites (N-methyl/N-ethyl adjacent to an activating group) is 1. The van der Waals surface area contributed by atoms with Crippen molar-refractivity contribution in [1.82, 2.24) is 5.32 Å². The molecule has 0 amide bonds. The Morgan fingerprint density at radius 2 is 2.25 bits per heavy atom. The number of nitrogens with zero attached hydrogens (tertiary/aromatic N) is 1. The summed E-state index contributed by atoms with van der Waals surface area (Å²) in [5.41, 5.74) is 2.54. The standard InChI is InChI=1S/C16H25BrN2O/c1-12(2)18-10-13-6-7-16(15(17)9-13)19(3)11-14-5-4-8-20-14/h6-7,9,12,14,18H,4-5,8,10-11H2,1-3H3. The van der Waals surface area contributed by atoms with Crippen molar-refractivity contribution in [2.75, 3.05) is 25.1 Å². The van der Waals surface area contributed by atoms with Gasteiger partial charge in [-0.25, -0.2) is 0 Å². The van der Waals surface area contributed by atoms with Crippen LogP contribution in [-0.2, 0) is 11.3 Å². The Balaban J connectivity index is 1.97. The summed E-state index contributed by atoms with van der Waals surface area (Å²) in [6, 6.07) is 7.10. The molecule has 3 nitrogen and oxygen atoms in total. The molecule has 20 heavy (non-hydrogen) atoms. The van der Waals surface area contributed by atoms with Crippen molar-refractivity contribution in [3.05, 3.63) is 28.2 Å². The molecular weight excluding hydrogens is 316 g/mol. The molecule has 2 rings (SSSR count). The summed E-state index contributed by atoms with van der Waals surface area (Å²) in [5.74, 6) is 0. The van der Waals surface area contributed by atoms with E-state index in [1.54, 1.807) is 0 Å². The maximum atomic E-state index is 5.71. The second-order valence-corrected chi connectivity index (χ2v) is 6.69. The van der Waals surface area contributed by atoms with Crippen molar-refractivity contribution in [3.63, 3.8) is 0 Å². The minimum absolute atomic E-state index is 0.384. The molecule has 1 aliphatic heterocycles. The van der Waals surface area contributed by atoms with Crippen LogP contribution in [0.5, 0.6) is 0 Å². The van der Waals surface area contributed by atoms with E-state index >= 15 is 0 Å². The van der Waals surface area contributed by atoms with Gasteiger partial charge < -0.3 is 15.0 Å². The molecule has 112 valence electrons. The summed E-state index contributed by atoms with van der Waals surface area (Å²) in [7, 11) is 2.13. The monoisotopic (exact) mass is 340 g/mol. The molecule has 1 atom stereocenters. The Bertz CT molecular complexity index is 430. The van der Waals surface area contributed by atoms with Gasteiger partial charge in [-0.3, -0.25) is 0 Å². The van der Waals surface area contributed by atoms with Crippen LogP contribution in [0.25, 0.3) is 0 Å². The first-order valence-electron chi connectivity index (χ1n) is 7.41. The first kappa shape index (κ1) is 15.8. The molecule has 0 radical (unpaired) electrons. The van der Waals surface area contributed by atoms with Crippen LogP contribution in [0.3, 0.4) is 0 Å². The molecule has 1 N–H and O–H groups in total. The van der Waals surface area contributed by atoms with Gasteiger partial charge in [0.1, 0.15) is 0 Å². The number of rotatable bonds is 6. The van der Waals surface area contributed by atoms with Gasteiger partial charge in [0.15, 0.2) is 0 Å². The lowest BCUT2D eigenvalue weighted by Crippen LogP contribution is -2.28. The highest BCUT2D eigenvalue weighted by molar-refractivity contribution is 9.10.